The molecule has 4 rings (SSSR count). The molecule has 0 radical (unpaired) electrons. The molecule has 0 fully saturated rings. The van der Waals surface area contributed by atoms with Gasteiger partial charge in [0.05, 0.1) is 6.17 Å². The second kappa shape index (κ2) is 16.3. The highest BCUT2D eigenvalue weighted by atomic mass is 19.1. The Morgan fingerprint density at radius 2 is 1.60 bits per heavy atom. The molecule has 0 saturated carbocycles. The van der Waals surface area contributed by atoms with Crippen molar-refractivity contribution in [1.29, 1.82) is 0 Å². The largest absolute Gasteiger partial charge is 0.361 e. The molecule has 40 heavy (non-hydrogen) atoms. The van der Waals surface area contributed by atoms with Crippen molar-refractivity contribution < 1.29 is 4.39 Å². The molecular formula is C37H47FN2. The molecule has 2 aromatic carbocycles. The average molecular weight is 539 g/mol. The Labute approximate surface area is 241 Å². The van der Waals surface area contributed by atoms with Crippen molar-refractivity contribution in [2.45, 2.75) is 72.9 Å². The third kappa shape index (κ3) is 10.7. The third-order valence-corrected chi connectivity index (χ3v) is 6.09. The van der Waals surface area contributed by atoms with Gasteiger partial charge in [0.2, 0.25) is 0 Å². The summed E-state index contributed by atoms with van der Waals surface area (Å²) in [5, 5.41) is 0. The van der Waals surface area contributed by atoms with Crippen molar-refractivity contribution >= 4 is 5.57 Å². The monoisotopic (exact) mass is 538 g/mol. The van der Waals surface area contributed by atoms with E-state index in [-0.39, 0.29) is 5.41 Å². The average Bonchev–Trinajstić information content (AvgIpc) is 3.61. The van der Waals surface area contributed by atoms with Crippen molar-refractivity contribution in [3.63, 3.8) is 0 Å². The van der Waals surface area contributed by atoms with Crippen LogP contribution in [0, 0.1) is 0 Å². The van der Waals surface area contributed by atoms with Crippen LogP contribution in [-0.2, 0) is 11.8 Å². The normalized spacial score (nSPS) is 11.6. The highest BCUT2D eigenvalue weighted by Gasteiger charge is 2.15. The Bertz CT molecular complexity index is 1340. The first-order valence-electron chi connectivity index (χ1n) is 14.2. The summed E-state index contributed by atoms with van der Waals surface area (Å²) in [5.74, 6) is 0. The van der Waals surface area contributed by atoms with E-state index >= 15 is 0 Å². The number of aromatic nitrogens is 2. The minimum atomic E-state index is -0.667. The SMILES string of the molecule is C=C/C(=C\C=C/C)c1cccc(-c2cc(C(C)(C)C)c[nH]2)c1.CC(C)F.CCCc1ccc(-c2ccccc2)[nH]1. The first kappa shape index (κ1) is 32.4. The van der Waals surface area contributed by atoms with Crippen LogP contribution in [-0.4, -0.2) is 16.1 Å². The number of rotatable bonds is 7. The van der Waals surface area contributed by atoms with E-state index in [1.165, 1.54) is 53.9 Å². The molecule has 2 aromatic heterocycles. The molecule has 4 aromatic rings. The van der Waals surface area contributed by atoms with Gasteiger partial charge in [0.1, 0.15) is 0 Å². The van der Waals surface area contributed by atoms with Crippen LogP contribution < -0.4 is 0 Å². The van der Waals surface area contributed by atoms with Gasteiger partial charge in [-0.2, -0.15) is 0 Å². The minimum Gasteiger partial charge on any atom is -0.361 e. The molecule has 0 atom stereocenters. The summed E-state index contributed by atoms with van der Waals surface area (Å²) in [6.45, 7) is 17.8. The molecule has 0 unspecified atom stereocenters. The van der Waals surface area contributed by atoms with Gasteiger partial charge in [-0.3, -0.25) is 0 Å². The van der Waals surface area contributed by atoms with Gasteiger partial charge in [0.15, 0.2) is 0 Å². The predicted molar refractivity (Wildman–Crippen MR) is 174 cm³/mol. The van der Waals surface area contributed by atoms with Gasteiger partial charge < -0.3 is 9.97 Å². The van der Waals surface area contributed by atoms with Gasteiger partial charge >= 0.3 is 0 Å². The molecule has 212 valence electrons. The number of halogens is 1. The number of allylic oxidation sites excluding steroid dienone is 5. The van der Waals surface area contributed by atoms with E-state index in [1.807, 2.05) is 31.2 Å². The maximum atomic E-state index is 11.0. The van der Waals surface area contributed by atoms with Gasteiger partial charge in [-0.25, -0.2) is 4.39 Å². The predicted octanol–water partition coefficient (Wildman–Crippen LogP) is 11.1. The Morgan fingerprint density at radius 3 is 2.17 bits per heavy atom. The first-order valence-corrected chi connectivity index (χ1v) is 14.2. The minimum absolute atomic E-state index is 0.157. The summed E-state index contributed by atoms with van der Waals surface area (Å²) >= 11 is 0. The quantitative estimate of drug-likeness (QED) is 0.219. The van der Waals surface area contributed by atoms with Crippen molar-refractivity contribution in [2.75, 3.05) is 0 Å². The Kier molecular flexibility index (Phi) is 13.2. The zero-order valence-electron chi connectivity index (χ0n) is 25.4. The van der Waals surface area contributed by atoms with Gasteiger partial charge in [-0.15, -0.1) is 0 Å². The van der Waals surface area contributed by atoms with Crippen molar-refractivity contribution in [3.05, 3.63) is 127 Å². The summed E-state index contributed by atoms with van der Waals surface area (Å²) in [6, 6.07) is 25.5. The molecule has 0 aliphatic heterocycles. The highest BCUT2D eigenvalue weighted by Crippen LogP contribution is 2.29. The van der Waals surface area contributed by atoms with Gasteiger partial charge in [-0.05, 0) is 84.7 Å². The molecule has 2 N–H and O–H groups in total. The number of alkyl halides is 1. The Hall–Kier alpha value is -3.85. The Morgan fingerprint density at radius 1 is 0.925 bits per heavy atom. The summed E-state index contributed by atoms with van der Waals surface area (Å²) < 4.78 is 11.0. The van der Waals surface area contributed by atoms with Crippen LogP contribution in [0.4, 0.5) is 4.39 Å². The summed E-state index contributed by atoms with van der Waals surface area (Å²) in [5.41, 5.74) is 9.93. The maximum Gasteiger partial charge on any atom is 0.0945 e. The van der Waals surface area contributed by atoms with Crippen LogP contribution >= 0.6 is 0 Å². The third-order valence-electron chi connectivity index (χ3n) is 6.09. The van der Waals surface area contributed by atoms with Crippen LogP contribution in [0.25, 0.3) is 28.1 Å². The summed E-state index contributed by atoms with van der Waals surface area (Å²) in [6.07, 6.45) is 11.8. The summed E-state index contributed by atoms with van der Waals surface area (Å²) in [7, 11) is 0. The molecule has 0 amide bonds. The number of nitrogens with one attached hydrogen (secondary N) is 2. The number of aromatic amines is 2. The van der Waals surface area contributed by atoms with Gasteiger partial charge in [-0.1, -0.05) is 114 Å². The zero-order valence-corrected chi connectivity index (χ0v) is 25.4. The van der Waals surface area contributed by atoms with Crippen LogP contribution in [0.1, 0.15) is 71.7 Å². The van der Waals surface area contributed by atoms with Crippen molar-refractivity contribution in [2.24, 2.45) is 0 Å². The lowest BCUT2D eigenvalue weighted by Gasteiger charge is -2.15. The van der Waals surface area contributed by atoms with Crippen molar-refractivity contribution in [3.8, 4) is 22.5 Å². The molecule has 0 bridgehead atoms. The zero-order chi connectivity index (χ0) is 29.5. The molecule has 0 aliphatic rings. The molecule has 0 saturated heterocycles. The van der Waals surface area contributed by atoms with E-state index in [1.54, 1.807) is 0 Å². The number of aryl methyl sites for hydroxylation is 1. The van der Waals surface area contributed by atoms with E-state index in [9.17, 15) is 4.39 Å². The molecule has 2 heterocycles. The number of hydrogen-bond donors (Lipinski definition) is 2. The number of hydrogen-bond acceptors (Lipinski definition) is 0. The fourth-order valence-electron chi connectivity index (χ4n) is 3.98. The number of benzene rings is 2. The Balaban J connectivity index is 0.000000265. The van der Waals surface area contributed by atoms with Crippen LogP contribution in [0.5, 0.6) is 0 Å². The van der Waals surface area contributed by atoms with Gasteiger partial charge in [0.25, 0.3) is 0 Å². The van der Waals surface area contributed by atoms with E-state index in [4.69, 9.17) is 0 Å². The van der Waals surface area contributed by atoms with Crippen LogP contribution in [0.2, 0.25) is 0 Å². The van der Waals surface area contributed by atoms with Crippen LogP contribution in [0.15, 0.2) is 110 Å². The molecule has 0 spiro atoms. The standard InChI is InChI=1S/C21H25N.C13H15N.C3H7F/c1-6-8-10-16(7-2)17-11-9-12-18(13-17)20-14-19(15-22-20)21(3,4)5;1-2-6-12-9-10-13(14-12)11-7-4-3-5-8-11;1-3(2)4/h6-15,22H,2H2,1,3-5H3;3-5,7-10,14H,2,6H2,1H3;3H,1-2H3/b8-6-,16-10+;;. The highest BCUT2D eigenvalue weighted by molar-refractivity contribution is 5.78. The fourth-order valence-corrected chi connectivity index (χ4v) is 3.98. The second-order valence-electron chi connectivity index (χ2n) is 11.0. The van der Waals surface area contributed by atoms with E-state index in [0.29, 0.717) is 0 Å². The summed E-state index contributed by atoms with van der Waals surface area (Å²) in [4.78, 5) is 6.83. The van der Waals surface area contributed by atoms with Gasteiger partial charge in [0, 0.05) is 23.3 Å². The lowest BCUT2D eigenvalue weighted by atomic mass is 9.89. The van der Waals surface area contributed by atoms with E-state index < -0.39 is 6.17 Å². The van der Waals surface area contributed by atoms with Crippen LogP contribution in [0.3, 0.4) is 0 Å². The second-order valence-corrected chi connectivity index (χ2v) is 11.0. The molecule has 3 heteroatoms. The fraction of sp³-hybridized carbons (Fsp3) is 0.297. The topological polar surface area (TPSA) is 31.6 Å². The molecule has 0 aliphatic carbocycles. The van der Waals surface area contributed by atoms with Crippen molar-refractivity contribution in [1.82, 2.24) is 9.97 Å². The van der Waals surface area contributed by atoms with E-state index in [2.05, 4.69) is 123 Å². The first-order chi connectivity index (χ1) is 19.1. The smallest absolute Gasteiger partial charge is 0.0945 e. The molecular weight excluding hydrogens is 491 g/mol. The number of H-pyrrole nitrogens is 2. The lowest BCUT2D eigenvalue weighted by molar-refractivity contribution is 0.391. The molecule has 2 nitrogen and oxygen atoms in total. The maximum absolute atomic E-state index is 11.0. The van der Waals surface area contributed by atoms with E-state index in [0.717, 1.165) is 17.7 Å². The lowest BCUT2D eigenvalue weighted by Crippen LogP contribution is -2.09.